The van der Waals surface area contributed by atoms with E-state index >= 15 is 0 Å². The fraction of sp³-hybridized carbons (Fsp3) is 0.458. The smallest absolute Gasteiger partial charge is 0.246 e. The minimum absolute atomic E-state index is 0.0552. The first-order valence-corrected chi connectivity index (χ1v) is 11.7. The average molecular weight is 472 g/mol. The van der Waals surface area contributed by atoms with Gasteiger partial charge in [-0.15, -0.1) is 0 Å². The Morgan fingerprint density at radius 2 is 1.73 bits per heavy atom. The van der Waals surface area contributed by atoms with Gasteiger partial charge in [0.15, 0.2) is 0 Å². The van der Waals surface area contributed by atoms with E-state index < -0.39 is 0 Å². The summed E-state index contributed by atoms with van der Waals surface area (Å²) in [7, 11) is 0. The van der Waals surface area contributed by atoms with E-state index in [1.54, 1.807) is 16.8 Å². The first-order valence-electron chi connectivity index (χ1n) is 11.3. The molecule has 2 fully saturated rings. The number of piperazine rings is 1. The molecular formula is C24H30ClN5O3. The van der Waals surface area contributed by atoms with E-state index in [1.165, 1.54) is 0 Å². The number of amides is 2. The molecule has 1 aromatic heterocycles. The van der Waals surface area contributed by atoms with Crippen LogP contribution in [0.3, 0.4) is 0 Å². The molecular weight excluding hydrogens is 442 g/mol. The van der Waals surface area contributed by atoms with Crippen LogP contribution in [0.5, 0.6) is 0 Å². The summed E-state index contributed by atoms with van der Waals surface area (Å²) in [6.45, 7) is 7.96. The van der Waals surface area contributed by atoms with Gasteiger partial charge in [-0.25, -0.2) is 4.68 Å². The molecule has 176 valence electrons. The van der Waals surface area contributed by atoms with Crippen LogP contribution in [0.25, 0.3) is 6.08 Å². The van der Waals surface area contributed by atoms with Crippen LogP contribution >= 0.6 is 11.6 Å². The Balaban J connectivity index is 1.29. The third-order valence-corrected chi connectivity index (χ3v) is 6.48. The van der Waals surface area contributed by atoms with Crippen LogP contribution in [-0.2, 0) is 20.9 Å². The van der Waals surface area contributed by atoms with E-state index in [-0.39, 0.29) is 11.8 Å². The number of benzene rings is 1. The molecule has 0 saturated carbocycles. The standard InChI is InChI=1S/C24H30ClN5O3/c1-19-21(24(25)30(26-19)17-20-5-3-2-4-6-20)7-8-22(31)28-11-9-27(10-12-28)18-23(32)29-13-15-33-16-14-29/h2-8H,9-18H2,1H3/b8-7+. The van der Waals surface area contributed by atoms with Crippen LogP contribution in [0, 0.1) is 6.92 Å². The Kier molecular flexibility index (Phi) is 7.80. The maximum Gasteiger partial charge on any atom is 0.246 e. The van der Waals surface area contributed by atoms with E-state index in [1.807, 2.05) is 47.1 Å². The van der Waals surface area contributed by atoms with Crippen molar-refractivity contribution in [2.75, 3.05) is 59.0 Å². The topological polar surface area (TPSA) is 70.9 Å². The van der Waals surface area contributed by atoms with Crippen molar-refractivity contribution in [1.82, 2.24) is 24.5 Å². The molecule has 2 saturated heterocycles. The molecule has 3 heterocycles. The maximum absolute atomic E-state index is 12.7. The number of aromatic nitrogens is 2. The largest absolute Gasteiger partial charge is 0.378 e. The van der Waals surface area contributed by atoms with Crippen molar-refractivity contribution in [2.24, 2.45) is 0 Å². The second-order valence-corrected chi connectivity index (χ2v) is 8.72. The summed E-state index contributed by atoms with van der Waals surface area (Å²) in [5, 5.41) is 5.05. The van der Waals surface area contributed by atoms with Crippen molar-refractivity contribution in [3.8, 4) is 0 Å². The number of rotatable bonds is 6. The monoisotopic (exact) mass is 471 g/mol. The first kappa shape index (κ1) is 23.5. The van der Waals surface area contributed by atoms with Crippen molar-refractivity contribution >= 4 is 29.5 Å². The second-order valence-electron chi connectivity index (χ2n) is 8.36. The summed E-state index contributed by atoms with van der Waals surface area (Å²) in [5.41, 5.74) is 2.65. The van der Waals surface area contributed by atoms with Crippen LogP contribution < -0.4 is 0 Å². The summed E-state index contributed by atoms with van der Waals surface area (Å²) in [5.74, 6) is 0.0797. The minimum Gasteiger partial charge on any atom is -0.378 e. The number of hydrogen-bond donors (Lipinski definition) is 0. The molecule has 33 heavy (non-hydrogen) atoms. The molecule has 0 unspecified atom stereocenters. The molecule has 2 amide bonds. The summed E-state index contributed by atoms with van der Waals surface area (Å²) in [6.07, 6.45) is 3.32. The Bertz CT molecular complexity index is 993. The maximum atomic E-state index is 12.7. The lowest BCUT2D eigenvalue weighted by molar-refractivity contribution is -0.137. The van der Waals surface area contributed by atoms with Crippen molar-refractivity contribution in [3.05, 3.63) is 58.4 Å². The zero-order valence-electron chi connectivity index (χ0n) is 19.0. The third-order valence-electron chi connectivity index (χ3n) is 6.08. The molecule has 0 aliphatic carbocycles. The summed E-state index contributed by atoms with van der Waals surface area (Å²) in [4.78, 5) is 30.9. The highest BCUT2D eigenvalue weighted by Crippen LogP contribution is 2.22. The number of ether oxygens (including phenoxy) is 1. The highest BCUT2D eigenvalue weighted by molar-refractivity contribution is 6.31. The first-order chi connectivity index (χ1) is 16.0. The van der Waals surface area contributed by atoms with Gasteiger partial charge in [0.1, 0.15) is 5.15 Å². The van der Waals surface area contributed by atoms with Gasteiger partial charge in [0.2, 0.25) is 11.8 Å². The molecule has 2 aromatic rings. The zero-order valence-corrected chi connectivity index (χ0v) is 19.7. The van der Waals surface area contributed by atoms with Crippen LogP contribution in [0.15, 0.2) is 36.4 Å². The Labute approximate surface area is 199 Å². The van der Waals surface area contributed by atoms with Gasteiger partial charge in [0.05, 0.1) is 32.0 Å². The molecule has 0 N–H and O–H groups in total. The number of morpholine rings is 1. The Hall–Kier alpha value is -2.68. The van der Waals surface area contributed by atoms with Gasteiger partial charge in [-0.3, -0.25) is 14.5 Å². The van der Waals surface area contributed by atoms with Gasteiger partial charge < -0.3 is 14.5 Å². The molecule has 2 aliphatic heterocycles. The zero-order chi connectivity index (χ0) is 23.2. The van der Waals surface area contributed by atoms with Crippen molar-refractivity contribution in [1.29, 1.82) is 0 Å². The van der Waals surface area contributed by atoms with Crippen molar-refractivity contribution in [3.63, 3.8) is 0 Å². The predicted octanol–water partition coefficient (Wildman–Crippen LogP) is 1.91. The van der Waals surface area contributed by atoms with Crippen molar-refractivity contribution < 1.29 is 14.3 Å². The van der Waals surface area contributed by atoms with Crippen molar-refractivity contribution in [2.45, 2.75) is 13.5 Å². The Morgan fingerprint density at radius 3 is 2.42 bits per heavy atom. The molecule has 2 aliphatic rings. The molecule has 1 aromatic carbocycles. The quantitative estimate of drug-likeness (QED) is 0.602. The summed E-state index contributed by atoms with van der Waals surface area (Å²) >= 11 is 6.55. The van der Waals surface area contributed by atoms with E-state index in [4.69, 9.17) is 16.3 Å². The summed E-state index contributed by atoms with van der Waals surface area (Å²) in [6, 6.07) is 10.00. The predicted molar refractivity (Wildman–Crippen MR) is 127 cm³/mol. The van der Waals surface area contributed by atoms with Gasteiger partial charge in [-0.1, -0.05) is 41.9 Å². The van der Waals surface area contributed by atoms with Crippen LogP contribution in [-0.4, -0.2) is 95.3 Å². The highest BCUT2D eigenvalue weighted by Gasteiger charge is 2.24. The van der Waals surface area contributed by atoms with Crippen LogP contribution in [0.1, 0.15) is 16.8 Å². The number of nitrogens with zero attached hydrogens (tertiary/aromatic N) is 5. The number of carbonyl (C=O) groups is 2. The molecule has 0 spiro atoms. The fourth-order valence-corrected chi connectivity index (χ4v) is 4.41. The van der Waals surface area contributed by atoms with E-state index in [0.717, 1.165) is 16.8 Å². The van der Waals surface area contributed by atoms with E-state index in [0.29, 0.717) is 70.7 Å². The third kappa shape index (κ3) is 6.01. The SMILES string of the molecule is Cc1nn(Cc2ccccc2)c(Cl)c1/C=C/C(=O)N1CCN(CC(=O)N2CCOCC2)CC1. The van der Waals surface area contributed by atoms with Gasteiger partial charge in [0, 0.05) is 50.9 Å². The normalized spacial score (nSPS) is 17.6. The number of halogens is 1. The Morgan fingerprint density at radius 1 is 1.03 bits per heavy atom. The average Bonchev–Trinajstić information content (AvgIpc) is 3.11. The number of aryl methyl sites for hydroxylation is 1. The minimum atomic E-state index is -0.0552. The van der Waals surface area contributed by atoms with E-state index in [2.05, 4.69) is 10.00 Å². The molecule has 0 atom stereocenters. The molecule has 8 nitrogen and oxygen atoms in total. The molecule has 0 radical (unpaired) electrons. The fourth-order valence-electron chi connectivity index (χ4n) is 4.11. The lowest BCUT2D eigenvalue weighted by Crippen LogP contribution is -2.52. The molecule has 9 heteroatoms. The van der Waals surface area contributed by atoms with Crippen LogP contribution in [0.4, 0.5) is 0 Å². The van der Waals surface area contributed by atoms with Gasteiger partial charge >= 0.3 is 0 Å². The number of carbonyl (C=O) groups excluding carboxylic acids is 2. The second kappa shape index (κ2) is 11.0. The highest BCUT2D eigenvalue weighted by atomic mass is 35.5. The van der Waals surface area contributed by atoms with Gasteiger partial charge in [-0.05, 0) is 18.6 Å². The van der Waals surface area contributed by atoms with Crippen LogP contribution in [0.2, 0.25) is 5.15 Å². The number of hydrogen-bond acceptors (Lipinski definition) is 5. The van der Waals surface area contributed by atoms with E-state index in [9.17, 15) is 9.59 Å². The van der Waals surface area contributed by atoms with Gasteiger partial charge in [0.25, 0.3) is 0 Å². The molecule has 0 bridgehead atoms. The summed E-state index contributed by atoms with van der Waals surface area (Å²) < 4.78 is 7.06. The lowest BCUT2D eigenvalue weighted by atomic mass is 10.2. The lowest BCUT2D eigenvalue weighted by Gasteiger charge is -2.35. The van der Waals surface area contributed by atoms with Gasteiger partial charge in [-0.2, -0.15) is 5.10 Å². The molecule has 4 rings (SSSR count).